The minimum absolute atomic E-state index is 0.348. The molecule has 5 nitrogen and oxygen atoms in total. The van der Waals surface area contributed by atoms with E-state index in [2.05, 4.69) is 15.5 Å². The molecule has 0 spiro atoms. The van der Waals surface area contributed by atoms with Crippen LogP contribution in [-0.4, -0.2) is 10.1 Å². The SMILES string of the molecule is Clc1ccc(-c2noc(NCc3ccco3)n2)cc1. The van der Waals surface area contributed by atoms with E-state index in [4.69, 9.17) is 20.5 Å². The number of hydrogen-bond donors (Lipinski definition) is 1. The molecule has 2 heterocycles. The molecule has 0 fully saturated rings. The van der Waals surface area contributed by atoms with Gasteiger partial charge in [-0.25, -0.2) is 0 Å². The average Bonchev–Trinajstić information content (AvgIpc) is 3.09. The summed E-state index contributed by atoms with van der Waals surface area (Å²) >= 11 is 5.82. The quantitative estimate of drug-likeness (QED) is 0.788. The normalized spacial score (nSPS) is 10.6. The highest BCUT2D eigenvalue weighted by Gasteiger charge is 2.08. The summed E-state index contributed by atoms with van der Waals surface area (Å²) < 4.78 is 10.3. The van der Waals surface area contributed by atoms with Crippen LogP contribution in [0.3, 0.4) is 0 Å². The molecule has 0 saturated heterocycles. The van der Waals surface area contributed by atoms with E-state index in [1.54, 1.807) is 18.4 Å². The minimum atomic E-state index is 0.348. The van der Waals surface area contributed by atoms with Crippen LogP contribution in [0, 0.1) is 0 Å². The lowest BCUT2D eigenvalue weighted by Crippen LogP contribution is -1.97. The lowest BCUT2D eigenvalue weighted by molar-refractivity contribution is 0.428. The topological polar surface area (TPSA) is 64.1 Å². The Morgan fingerprint density at radius 3 is 2.74 bits per heavy atom. The molecule has 19 heavy (non-hydrogen) atoms. The molecule has 0 bridgehead atoms. The molecule has 0 unspecified atom stereocenters. The highest BCUT2D eigenvalue weighted by Crippen LogP contribution is 2.20. The maximum atomic E-state index is 5.82. The van der Waals surface area contributed by atoms with Gasteiger partial charge in [-0.3, -0.25) is 0 Å². The predicted molar refractivity (Wildman–Crippen MR) is 70.8 cm³/mol. The first-order chi connectivity index (χ1) is 9.31. The van der Waals surface area contributed by atoms with E-state index in [-0.39, 0.29) is 0 Å². The van der Waals surface area contributed by atoms with Crippen molar-refractivity contribution in [2.24, 2.45) is 0 Å². The van der Waals surface area contributed by atoms with E-state index in [0.29, 0.717) is 23.4 Å². The molecule has 0 aliphatic heterocycles. The van der Waals surface area contributed by atoms with Gasteiger partial charge < -0.3 is 14.3 Å². The first-order valence-electron chi connectivity index (χ1n) is 5.67. The minimum Gasteiger partial charge on any atom is -0.467 e. The third kappa shape index (κ3) is 2.77. The summed E-state index contributed by atoms with van der Waals surface area (Å²) in [4.78, 5) is 4.24. The predicted octanol–water partition coefficient (Wildman–Crippen LogP) is 3.60. The van der Waals surface area contributed by atoms with Gasteiger partial charge in [0.25, 0.3) is 0 Å². The molecule has 0 saturated carbocycles. The van der Waals surface area contributed by atoms with Gasteiger partial charge in [0.2, 0.25) is 5.82 Å². The fraction of sp³-hybridized carbons (Fsp3) is 0.0769. The van der Waals surface area contributed by atoms with Crippen LogP contribution in [0.25, 0.3) is 11.4 Å². The first kappa shape index (κ1) is 11.8. The van der Waals surface area contributed by atoms with E-state index in [1.165, 1.54) is 0 Å². The largest absolute Gasteiger partial charge is 0.467 e. The molecular formula is C13H10ClN3O2. The maximum absolute atomic E-state index is 5.82. The van der Waals surface area contributed by atoms with Crippen molar-refractivity contribution >= 4 is 17.6 Å². The molecule has 1 aromatic carbocycles. The van der Waals surface area contributed by atoms with Crippen molar-refractivity contribution in [2.75, 3.05) is 5.32 Å². The van der Waals surface area contributed by atoms with Crippen LogP contribution >= 0.6 is 11.6 Å². The van der Waals surface area contributed by atoms with Crippen LogP contribution < -0.4 is 5.32 Å². The standard InChI is InChI=1S/C13H10ClN3O2/c14-10-5-3-9(4-6-10)12-16-13(19-17-12)15-8-11-2-1-7-18-11/h1-7H,8H2,(H,15,16,17). The van der Waals surface area contributed by atoms with Crippen molar-refractivity contribution < 1.29 is 8.94 Å². The number of hydrogen-bond acceptors (Lipinski definition) is 5. The zero-order valence-electron chi connectivity index (χ0n) is 9.84. The number of benzene rings is 1. The summed E-state index contributed by atoms with van der Waals surface area (Å²) in [5.41, 5.74) is 0.846. The van der Waals surface area contributed by atoms with Crippen LogP contribution in [0.2, 0.25) is 5.02 Å². The van der Waals surface area contributed by atoms with E-state index >= 15 is 0 Å². The van der Waals surface area contributed by atoms with Gasteiger partial charge >= 0.3 is 6.01 Å². The van der Waals surface area contributed by atoms with Gasteiger partial charge in [-0.05, 0) is 36.4 Å². The second-order valence-corrected chi connectivity index (χ2v) is 4.30. The number of anilines is 1. The molecule has 0 amide bonds. The van der Waals surface area contributed by atoms with E-state index in [0.717, 1.165) is 11.3 Å². The molecule has 0 aliphatic rings. The van der Waals surface area contributed by atoms with Gasteiger partial charge in [0, 0.05) is 10.6 Å². The zero-order valence-corrected chi connectivity index (χ0v) is 10.6. The van der Waals surface area contributed by atoms with Crippen molar-refractivity contribution in [1.29, 1.82) is 0 Å². The van der Waals surface area contributed by atoms with Gasteiger partial charge in [-0.2, -0.15) is 4.98 Å². The Morgan fingerprint density at radius 2 is 2.00 bits per heavy atom. The Kier molecular flexibility index (Phi) is 3.20. The summed E-state index contributed by atoms with van der Waals surface area (Å²) in [6.07, 6.45) is 1.62. The summed E-state index contributed by atoms with van der Waals surface area (Å²) in [6, 6.07) is 11.3. The molecule has 2 aromatic heterocycles. The average molecular weight is 276 g/mol. The van der Waals surface area contributed by atoms with Crippen molar-refractivity contribution in [2.45, 2.75) is 6.54 Å². The Bertz CT molecular complexity index is 647. The second kappa shape index (κ2) is 5.16. The zero-order chi connectivity index (χ0) is 13.1. The van der Waals surface area contributed by atoms with Gasteiger partial charge in [-0.1, -0.05) is 16.8 Å². The number of furan rings is 1. The summed E-state index contributed by atoms with van der Waals surface area (Å²) in [5.74, 6) is 1.31. The van der Waals surface area contributed by atoms with Gasteiger partial charge in [0.15, 0.2) is 0 Å². The van der Waals surface area contributed by atoms with Crippen LogP contribution in [0.15, 0.2) is 51.6 Å². The molecule has 0 aliphatic carbocycles. The van der Waals surface area contributed by atoms with Gasteiger partial charge in [0.1, 0.15) is 5.76 Å². The molecule has 3 rings (SSSR count). The van der Waals surface area contributed by atoms with E-state index in [1.807, 2.05) is 24.3 Å². The van der Waals surface area contributed by atoms with Crippen LogP contribution in [0.4, 0.5) is 6.01 Å². The smallest absolute Gasteiger partial charge is 0.322 e. The van der Waals surface area contributed by atoms with Crippen LogP contribution in [0.1, 0.15) is 5.76 Å². The number of nitrogens with zero attached hydrogens (tertiary/aromatic N) is 2. The van der Waals surface area contributed by atoms with Crippen molar-refractivity contribution in [3.63, 3.8) is 0 Å². The summed E-state index contributed by atoms with van der Waals surface area (Å²) in [5, 5.41) is 7.55. The Morgan fingerprint density at radius 1 is 1.16 bits per heavy atom. The lowest BCUT2D eigenvalue weighted by atomic mass is 10.2. The summed E-state index contributed by atoms with van der Waals surface area (Å²) in [7, 11) is 0. The first-order valence-corrected chi connectivity index (χ1v) is 6.05. The number of nitrogens with one attached hydrogen (secondary N) is 1. The molecule has 1 N–H and O–H groups in total. The monoisotopic (exact) mass is 275 g/mol. The molecule has 6 heteroatoms. The molecular weight excluding hydrogens is 266 g/mol. The number of rotatable bonds is 4. The molecule has 96 valence electrons. The van der Waals surface area contributed by atoms with Crippen molar-refractivity contribution in [3.8, 4) is 11.4 Å². The Hall–Kier alpha value is -2.27. The third-order valence-electron chi connectivity index (χ3n) is 2.52. The second-order valence-electron chi connectivity index (χ2n) is 3.86. The number of aromatic nitrogens is 2. The highest BCUT2D eigenvalue weighted by atomic mass is 35.5. The molecule has 3 aromatic rings. The maximum Gasteiger partial charge on any atom is 0.322 e. The molecule has 0 radical (unpaired) electrons. The van der Waals surface area contributed by atoms with Crippen molar-refractivity contribution in [1.82, 2.24) is 10.1 Å². The molecule has 0 atom stereocenters. The Balaban J connectivity index is 1.70. The van der Waals surface area contributed by atoms with Crippen LogP contribution in [-0.2, 0) is 6.54 Å². The lowest BCUT2D eigenvalue weighted by Gasteiger charge is -1.96. The number of halogens is 1. The Labute approximate surface area is 114 Å². The highest BCUT2D eigenvalue weighted by molar-refractivity contribution is 6.30. The van der Waals surface area contributed by atoms with Gasteiger partial charge in [0.05, 0.1) is 12.8 Å². The van der Waals surface area contributed by atoms with Crippen molar-refractivity contribution in [3.05, 3.63) is 53.4 Å². The summed E-state index contributed by atoms with van der Waals surface area (Å²) in [6.45, 7) is 0.495. The van der Waals surface area contributed by atoms with E-state index < -0.39 is 0 Å². The fourth-order valence-corrected chi connectivity index (χ4v) is 1.71. The van der Waals surface area contributed by atoms with Gasteiger partial charge in [-0.15, -0.1) is 0 Å². The van der Waals surface area contributed by atoms with E-state index in [9.17, 15) is 0 Å². The van der Waals surface area contributed by atoms with Crippen LogP contribution in [0.5, 0.6) is 0 Å². The fourth-order valence-electron chi connectivity index (χ4n) is 1.59. The third-order valence-corrected chi connectivity index (χ3v) is 2.77.